The van der Waals surface area contributed by atoms with E-state index in [-0.39, 0.29) is 11.7 Å². The van der Waals surface area contributed by atoms with E-state index in [0.29, 0.717) is 29.3 Å². The number of esters is 1. The van der Waals surface area contributed by atoms with Gasteiger partial charge in [0.15, 0.2) is 17.3 Å². The number of Topliss-reactive ketones (excluding diaryl/α,β-unsaturated/α-hetero) is 1. The van der Waals surface area contributed by atoms with Crippen molar-refractivity contribution >= 4 is 11.8 Å². The van der Waals surface area contributed by atoms with Crippen LogP contribution in [0.1, 0.15) is 99.3 Å². The molecule has 2 rings (SSSR count). The fraction of sp³-hybridized carbons (Fsp3) is 0.667. The Balaban J connectivity index is 2.26. The Kier molecular flexibility index (Phi) is 7.61. The highest BCUT2D eigenvalue weighted by atomic mass is 16.6. The second kappa shape index (κ2) is 9.70. The van der Waals surface area contributed by atoms with Gasteiger partial charge in [0.05, 0.1) is 12.8 Å². The number of pyridine rings is 1. The molecule has 0 saturated carbocycles. The van der Waals surface area contributed by atoms with E-state index in [1.807, 2.05) is 0 Å². The molecule has 0 aromatic carbocycles. The highest BCUT2D eigenvalue weighted by molar-refractivity contribution is 5.98. The van der Waals surface area contributed by atoms with Gasteiger partial charge in [-0.2, -0.15) is 0 Å². The third-order valence-corrected chi connectivity index (χ3v) is 5.06. The molecular formula is C21H31NO4. The molecule has 1 aromatic heterocycles. The van der Waals surface area contributed by atoms with Gasteiger partial charge in [0, 0.05) is 18.9 Å². The quantitative estimate of drug-likeness (QED) is 0.450. The maximum Gasteiger partial charge on any atom is 0.308 e. The highest BCUT2D eigenvalue weighted by Crippen LogP contribution is 2.45. The summed E-state index contributed by atoms with van der Waals surface area (Å²) in [6.45, 7) is 5.36. The van der Waals surface area contributed by atoms with Gasteiger partial charge in [-0.25, -0.2) is 4.98 Å². The first-order valence-electron chi connectivity index (χ1n) is 9.79. The molecular weight excluding hydrogens is 330 g/mol. The molecule has 5 heteroatoms. The molecule has 5 nitrogen and oxygen atoms in total. The number of methoxy groups -OCH3 is 1. The molecule has 0 fully saturated rings. The maximum absolute atomic E-state index is 12.4. The lowest BCUT2D eigenvalue weighted by molar-refractivity contribution is -0.132. The fourth-order valence-corrected chi connectivity index (χ4v) is 3.78. The summed E-state index contributed by atoms with van der Waals surface area (Å²) in [6, 6.07) is 0. The van der Waals surface area contributed by atoms with Crippen LogP contribution in [0.25, 0.3) is 0 Å². The Morgan fingerprint density at radius 3 is 2.50 bits per heavy atom. The lowest BCUT2D eigenvalue weighted by Gasteiger charge is -2.27. The molecule has 1 aromatic rings. The van der Waals surface area contributed by atoms with E-state index in [0.717, 1.165) is 24.8 Å². The average Bonchev–Trinajstić information content (AvgIpc) is 2.59. The van der Waals surface area contributed by atoms with Gasteiger partial charge in [-0.15, -0.1) is 0 Å². The number of aromatic nitrogens is 1. The molecule has 1 heterocycles. The lowest BCUT2D eigenvalue weighted by atomic mass is 9.80. The number of ketones is 1. The second-order valence-electron chi connectivity index (χ2n) is 7.13. The molecule has 0 amide bonds. The predicted molar refractivity (Wildman–Crippen MR) is 101 cm³/mol. The van der Waals surface area contributed by atoms with Crippen LogP contribution in [0.15, 0.2) is 0 Å². The van der Waals surface area contributed by atoms with Crippen LogP contribution in [0, 0.1) is 6.92 Å². The maximum atomic E-state index is 12.4. The Morgan fingerprint density at radius 2 is 1.85 bits per heavy atom. The molecule has 0 aliphatic heterocycles. The molecule has 0 radical (unpaired) electrons. The fourth-order valence-electron chi connectivity index (χ4n) is 3.78. The van der Waals surface area contributed by atoms with Crippen molar-refractivity contribution < 1.29 is 19.1 Å². The number of rotatable bonds is 9. The van der Waals surface area contributed by atoms with Crippen LogP contribution in [0.2, 0.25) is 0 Å². The summed E-state index contributed by atoms with van der Waals surface area (Å²) in [5, 5.41) is 0. The Hall–Kier alpha value is -1.91. The first-order chi connectivity index (χ1) is 12.5. The Labute approximate surface area is 156 Å². The van der Waals surface area contributed by atoms with E-state index in [1.165, 1.54) is 46.1 Å². The number of fused-ring (bicyclic) bond motifs is 1. The van der Waals surface area contributed by atoms with Crippen molar-refractivity contribution in [3.63, 3.8) is 0 Å². The van der Waals surface area contributed by atoms with Gasteiger partial charge >= 0.3 is 5.97 Å². The van der Waals surface area contributed by atoms with Crippen molar-refractivity contribution in [3.8, 4) is 11.5 Å². The van der Waals surface area contributed by atoms with Crippen LogP contribution < -0.4 is 9.47 Å². The number of carbonyl (C=O) groups excluding carboxylic acids is 2. The van der Waals surface area contributed by atoms with Crippen molar-refractivity contribution in [1.29, 1.82) is 0 Å². The summed E-state index contributed by atoms with van der Waals surface area (Å²) in [4.78, 5) is 28.6. The van der Waals surface area contributed by atoms with Crippen LogP contribution >= 0.6 is 0 Å². The van der Waals surface area contributed by atoms with Crippen molar-refractivity contribution in [3.05, 3.63) is 17.0 Å². The minimum atomic E-state index is -0.410. The van der Waals surface area contributed by atoms with Crippen LogP contribution in [0.4, 0.5) is 0 Å². The van der Waals surface area contributed by atoms with E-state index in [4.69, 9.17) is 9.47 Å². The highest BCUT2D eigenvalue weighted by Gasteiger charge is 2.33. The van der Waals surface area contributed by atoms with E-state index in [9.17, 15) is 9.59 Å². The third kappa shape index (κ3) is 4.83. The second-order valence-corrected chi connectivity index (χ2v) is 7.13. The van der Waals surface area contributed by atoms with E-state index in [2.05, 4.69) is 11.9 Å². The number of ether oxygens (including phenoxy) is 2. The lowest BCUT2D eigenvalue weighted by Crippen LogP contribution is -2.21. The zero-order chi connectivity index (χ0) is 19.1. The molecule has 0 unspecified atom stereocenters. The molecule has 0 spiro atoms. The van der Waals surface area contributed by atoms with Crippen LogP contribution in [0.5, 0.6) is 11.5 Å². The van der Waals surface area contributed by atoms with Crippen LogP contribution in [0.3, 0.4) is 0 Å². The molecule has 26 heavy (non-hydrogen) atoms. The molecule has 0 saturated heterocycles. The van der Waals surface area contributed by atoms with Gasteiger partial charge in [-0.05, 0) is 25.7 Å². The Morgan fingerprint density at radius 1 is 1.15 bits per heavy atom. The number of nitrogens with zero attached hydrogens (tertiary/aromatic N) is 1. The predicted octanol–water partition coefficient (Wildman–Crippen LogP) is 5.13. The number of hydrogen-bond acceptors (Lipinski definition) is 5. The number of unbranched alkanes of at least 4 members (excludes halogenated alkanes) is 5. The van der Waals surface area contributed by atoms with Gasteiger partial charge in [-0.3, -0.25) is 9.59 Å². The number of aryl methyl sites for hydroxylation is 1. The smallest absolute Gasteiger partial charge is 0.308 e. The SMILES string of the molecule is CCCCCCCC[C@@H]1CCC(=O)c2nc(C)c(OC)c(OC(C)=O)c21. The molecule has 1 aliphatic carbocycles. The normalized spacial score (nSPS) is 16.3. The van der Waals surface area contributed by atoms with E-state index in [1.54, 1.807) is 6.92 Å². The topological polar surface area (TPSA) is 65.5 Å². The van der Waals surface area contributed by atoms with E-state index >= 15 is 0 Å². The van der Waals surface area contributed by atoms with Gasteiger partial charge in [-0.1, -0.05) is 45.4 Å². The average molecular weight is 361 g/mol. The Bertz CT molecular complexity index is 654. The summed E-state index contributed by atoms with van der Waals surface area (Å²) >= 11 is 0. The third-order valence-electron chi connectivity index (χ3n) is 5.06. The van der Waals surface area contributed by atoms with Crippen LogP contribution in [-0.4, -0.2) is 23.8 Å². The summed E-state index contributed by atoms with van der Waals surface area (Å²) in [5.74, 6) is 0.657. The van der Waals surface area contributed by atoms with Crippen molar-refractivity contribution in [2.45, 2.75) is 84.5 Å². The van der Waals surface area contributed by atoms with Gasteiger partial charge in [0.2, 0.25) is 0 Å². The zero-order valence-electron chi connectivity index (χ0n) is 16.5. The van der Waals surface area contributed by atoms with Crippen molar-refractivity contribution in [2.75, 3.05) is 7.11 Å². The van der Waals surface area contributed by atoms with E-state index < -0.39 is 5.97 Å². The van der Waals surface area contributed by atoms with Crippen molar-refractivity contribution in [2.24, 2.45) is 0 Å². The molecule has 0 N–H and O–H groups in total. The molecule has 144 valence electrons. The number of hydrogen-bond donors (Lipinski definition) is 0. The van der Waals surface area contributed by atoms with Crippen LogP contribution in [-0.2, 0) is 4.79 Å². The standard InChI is InChI=1S/C21H31NO4/c1-5-6-7-8-9-10-11-16-12-13-17(24)19-18(16)21(26-15(3)23)20(25-4)14(2)22-19/h16H,5-13H2,1-4H3/t16-/m1/s1. The molecule has 0 bridgehead atoms. The monoisotopic (exact) mass is 361 g/mol. The van der Waals surface area contributed by atoms with Gasteiger partial charge in [0.1, 0.15) is 5.69 Å². The summed E-state index contributed by atoms with van der Waals surface area (Å²) in [7, 11) is 1.54. The minimum Gasteiger partial charge on any atom is -0.491 e. The number of carbonyl (C=O) groups is 2. The zero-order valence-corrected chi connectivity index (χ0v) is 16.5. The summed E-state index contributed by atoms with van der Waals surface area (Å²) < 4.78 is 10.9. The summed E-state index contributed by atoms with van der Waals surface area (Å²) in [6.07, 6.45) is 9.63. The van der Waals surface area contributed by atoms with Gasteiger partial charge < -0.3 is 9.47 Å². The summed E-state index contributed by atoms with van der Waals surface area (Å²) in [5.41, 5.74) is 1.81. The first-order valence-corrected chi connectivity index (χ1v) is 9.79. The first kappa shape index (κ1) is 20.4. The largest absolute Gasteiger partial charge is 0.491 e. The van der Waals surface area contributed by atoms with Crippen molar-refractivity contribution in [1.82, 2.24) is 4.98 Å². The minimum absolute atomic E-state index is 0.0263. The molecule has 1 atom stereocenters. The molecule has 1 aliphatic rings. The van der Waals surface area contributed by atoms with Gasteiger partial charge in [0.25, 0.3) is 0 Å².